The fraction of sp³-hybridized carbons (Fsp3) is 0.524. The predicted octanol–water partition coefficient (Wildman–Crippen LogP) is 3.60. The lowest BCUT2D eigenvalue weighted by Crippen LogP contribution is -2.38. The highest BCUT2D eigenvalue weighted by atomic mass is 16.6. The van der Waals surface area contributed by atoms with Gasteiger partial charge in [-0.05, 0) is 42.9 Å². The van der Waals surface area contributed by atoms with Crippen LogP contribution in [0.5, 0.6) is 0 Å². The number of nitrogens with zero attached hydrogens (tertiary/aromatic N) is 3. The van der Waals surface area contributed by atoms with Crippen molar-refractivity contribution in [2.75, 3.05) is 19.6 Å². The van der Waals surface area contributed by atoms with E-state index < -0.39 is 4.92 Å². The molecule has 0 bridgehead atoms. The zero-order chi connectivity index (χ0) is 20.3. The molecule has 1 aromatic carbocycles. The smallest absolute Gasteiger partial charge is 0.277 e. The molecule has 0 radical (unpaired) electrons. The number of hydrogen-bond donors (Lipinski definition) is 0. The van der Waals surface area contributed by atoms with Crippen molar-refractivity contribution in [1.29, 1.82) is 0 Å². The van der Waals surface area contributed by atoms with Crippen molar-refractivity contribution in [3.05, 3.63) is 45.6 Å². The maximum atomic E-state index is 13.1. The number of hydrogen-bond acceptors (Lipinski definition) is 5. The number of non-ortho nitro benzene ring substituents is 1. The molecule has 2 amide bonds. The molecule has 0 aromatic heterocycles. The standard InChI is InChI=1S/C21H27N3O4/c1-3-4-5-12-23-20(25)18(16-6-8-17(9-7-16)24(27)28)19(21(23)26)22-13-10-15(2)11-14-22/h6-9,15H,3-5,10-14H2,1-2H3. The van der Waals surface area contributed by atoms with Crippen LogP contribution >= 0.6 is 0 Å². The van der Waals surface area contributed by atoms with Crippen LogP contribution in [0.3, 0.4) is 0 Å². The second kappa shape index (κ2) is 8.54. The lowest BCUT2D eigenvalue weighted by Gasteiger charge is -2.32. The SMILES string of the molecule is CCCCCN1C(=O)C(c2ccc([N+](=O)[O-])cc2)=C(N2CCC(C)CC2)C1=O. The van der Waals surface area contributed by atoms with Gasteiger partial charge in [0, 0.05) is 31.8 Å². The van der Waals surface area contributed by atoms with Crippen LogP contribution in [0.4, 0.5) is 5.69 Å². The minimum absolute atomic E-state index is 0.0331. The van der Waals surface area contributed by atoms with Crippen LogP contribution in [0.1, 0.15) is 51.5 Å². The Hall–Kier alpha value is -2.70. The molecule has 2 aliphatic rings. The van der Waals surface area contributed by atoms with E-state index in [2.05, 4.69) is 13.8 Å². The Morgan fingerprint density at radius 2 is 1.71 bits per heavy atom. The van der Waals surface area contributed by atoms with Gasteiger partial charge in [0.1, 0.15) is 5.70 Å². The molecule has 1 aromatic rings. The van der Waals surface area contributed by atoms with Gasteiger partial charge in [-0.25, -0.2) is 0 Å². The molecule has 0 spiro atoms. The normalized spacial score (nSPS) is 18.4. The Morgan fingerprint density at radius 3 is 2.29 bits per heavy atom. The fourth-order valence-corrected chi connectivity index (χ4v) is 3.82. The van der Waals surface area contributed by atoms with Crippen LogP contribution in [-0.4, -0.2) is 46.2 Å². The van der Waals surface area contributed by atoms with Crippen LogP contribution in [0.25, 0.3) is 5.57 Å². The lowest BCUT2D eigenvalue weighted by atomic mass is 9.97. The van der Waals surface area contributed by atoms with Crippen molar-refractivity contribution in [1.82, 2.24) is 9.80 Å². The van der Waals surface area contributed by atoms with Crippen LogP contribution in [0.2, 0.25) is 0 Å². The van der Waals surface area contributed by atoms with Crippen molar-refractivity contribution in [3.8, 4) is 0 Å². The molecule has 7 nitrogen and oxygen atoms in total. The molecule has 0 saturated carbocycles. The van der Waals surface area contributed by atoms with Gasteiger partial charge in [0.2, 0.25) is 0 Å². The van der Waals surface area contributed by atoms with Gasteiger partial charge in [0.25, 0.3) is 17.5 Å². The molecule has 3 rings (SSSR count). The molecule has 150 valence electrons. The molecule has 0 N–H and O–H groups in total. The van der Waals surface area contributed by atoms with E-state index in [-0.39, 0.29) is 17.5 Å². The maximum absolute atomic E-state index is 13.1. The monoisotopic (exact) mass is 385 g/mol. The Bertz CT molecular complexity index is 792. The molecule has 2 heterocycles. The van der Waals surface area contributed by atoms with E-state index in [4.69, 9.17) is 0 Å². The summed E-state index contributed by atoms with van der Waals surface area (Å²) in [6, 6.07) is 5.91. The summed E-state index contributed by atoms with van der Waals surface area (Å²) in [6.07, 6.45) is 4.71. The number of imide groups is 1. The van der Waals surface area contributed by atoms with Crippen molar-refractivity contribution < 1.29 is 14.5 Å². The Balaban J connectivity index is 1.96. The highest BCUT2D eigenvalue weighted by Crippen LogP contribution is 2.34. The average Bonchev–Trinajstić information content (AvgIpc) is 2.93. The number of amides is 2. The van der Waals surface area contributed by atoms with Gasteiger partial charge in [-0.3, -0.25) is 24.6 Å². The predicted molar refractivity (Wildman–Crippen MR) is 106 cm³/mol. The number of carbonyl (C=O) groups is 2. The summed E-state index contributed by atoms with van der Waals surface area (Å²) in [5.41, 5.74) is 1.37. The molecule has 1 fully saturated rings. The fourth-order valence-electron chi connectivity index (χ4n) is 3.82. The van der Waals surface area contributed by atoms with Gasteiger partial charge < -0.3 is 4.90 Å². The molecule has 0 atom stereocenters. The third kappa shape index (κ3) is 3.93. The van der Waals surface area contributed by atoms with Gasteiger partial charge in [-0.1, -0.05) is 26.7 Å². The largest absolute Gasteiger partial charge is 0.366 e. The lowest BCUT2D eigenvalue weighted by molar-refractivity contribution is -0.384. The first-order chi connectivity index (χ1) is 13.4. The third-order valence-electron chi connectivity index (χ3n) is 5.60. The highest BCUT2D eigenvalue weighted by molar-refractivity contribution is 6.35. The first-order valence-corrected chi connectivity index (χ1v) is 10.0. The summed E-state index contributed by atoms with van der Waals surface area (Å²) in [6.45, 7) is 6.18. The molecule has 2 aliphatic heterocycles. The Labute approximate surface area is 165 Å². The molecular weight excluding hydrogens is 358 g/mol. The van der Waals surface area contributed by atoms with E-state index in [0.717, 1.165) is 45.2 Å². The Morgan fingerprint density at radius 1 is 1.07 bits per heavy atom. The quantitative estimate of drug-likeness (QED) is 0.310. The van der Waals surface area contributed by atoms with E-state index >= 15 is 0 Å². The van der Waals surface area contributed by atoms with Crippen LogP contribution in [0, 0.1) is 16.0 Å². The number of rotatable bonds is 7. The summed E-state index contributed by atoms with van der Waals surface area (Å²) in [4.78, 5) is 40.1. The first-order valence-electron chi connectivity index (χ1n) is 10.0. The first kappa shape index (κ1) is 20.0. The van der Waals surface area contributed by atoms with Crippen LogP contribution in [0.15, 0.2) is 30.0 Å². The van der Waals surface area contributed by atoms with E-state index in [1.807, 2.05) is 4.90 Å². The minimum atomic E-state index is -0.468. The second-order valence-corrected chi connectivity index (χ2v) is 7.67. The molecular formula is C21H27N3O4. The summed E-state index contributed by atoms with van der Waals surface area (Å²) >= 11 is 0. The summed E-state index contributed by atoms with van der Waals surface area (Å²) in [5, 5.41) is 10.9. The van der Waals surface area contributed by atoms with E-state index in [1.165, 1.54) is 17.0 Å². The van der Waals surface area contributed by atoms with E-state index in [1.54, 1.807) is 12.1 Å². The second-order valence-electron chi connectivity index (χ2n) is 7.67. The molecule has 7 heteroatoms. The minimum Gasteiger partial charge on any atom is -0.366 e. The molecule has 1 saturated heterocycles. The molecule has 0 aliphatic carbocycles. The van der Waals surface area contributed by atoms with Gasteiger partial charge >= 0.3 is 0 Å². The van der Waals surface area contributed by atoms with E-state index in [9.17, 15) is 19.7 Å². The van der Waals surface area contributed by atoms with Gasteiger partial charge in [0.15, 0.2) is 0 Å². The van der Waals surface area contributed by atoms with Crippen LogP contribution in [-0.2, 0) is 9.59 Å². The molecule has 0 unspecified atom stereocenters. The number of carbonyl (C=O) groups excluding carboxylic acids is 2. The third-order valence-corrected chi connectivity index (χ3v) is 5.60. The Kier molecular flexibility index (Phi) is 6.11. The number of nitro benzene ring substituents is 1. The van der Waals surface area contributed by atoms with E-state index in [0.29, 0.717) is 29.3 Å². The number of piperidine rings is 1. The zero-order valence-corrected chi connectivity index (χ0v) is 16.5. The number of nitro groups is 1. The number of likely N-dealkylation sites (tertiary alicyclic amines) is 1. The topological polar surface area (TPSA) is 83.8 Å². The van der Waals surface area contributed by atoms with Crippen molar-refractivity contribution in [2.24, 2.45) is 5.92 Å². The van der Waals surface area contributed by atoms with Gasteiger partial charge in [-0.2, -0.15) is 0 Å². The maximum Gasteiger partial charge on any atom is 0.277 e. The van der Waals surface area contributed by atoms with Crippen molar-refractivity contribution >= 4 is 23.1 Å². The van der Waals surface area contributed by atoms with Crippen LogP contribution < -0.4 is 0 Å². The van der Waals surface area contributed by atoms with Gasteiger partial charge in [-0.15, -0.1) is 0 Å². The number of benzene rings is 1. The highest BCUT2D eigenvalue weighted by Gasteiger charge is 2.41. The zero-order valence-electron chi connectivity index (χ0n) is 16.5. The summed E-state index contributed by atoms with van der Waals surface area (Å²) < 4.78 is 0. The van der Waals surface area contributed by atoms with Crippen molar-refractivity contribution in [3.63, 3.8) is 0 Å². The van der Waals surface area contributed by atoms with Gasteiger partial charge in [0.05, 0.1) is 10.5 Å². The summed E-state index contributed by atoms with van der Waals surface area (Å²) in [5.74, 6) is 0.0834. The van der Waals surface area contributed by atoms with Crippen molar-refractivity contribution in [2.45, 2.75) is 46.0 Å². The molecule has 28 heavy (non-hydrogen) atoms. The number of unbranched alkanes of at least 4 members (excludes halogenated alkanes) is 2. The summed E-state index contributed by atoms with van der Waals surface area (Å²) in [7, 11) is 0. The average molecular weight is 385 g/mol.